The first kappa shape index (κ1) is 31.3. The molecule has 0 bridgehead atoms. The number of ketones is 2. The van der Waals surface area contributed by atoms with Gasteiger partial charge in [-0.05, 0) is 78.1 Å². The molecule has 1 fully saturated rings. The number of likely N-dealkylation sites (tertiary alicyclic amines) is 1. The van der Waals surface area contributed by atoms with Gasteiger partial charge in [-0.1, -0.05) is 30.3 Å². The van der Waals surface area contributed by atoms with E-state index >= 15 is 0 Å². The van der Waals surface area contributed by atoms with Gasteiger partial charge >= 0.3 is 11.9 Å². The Morgan fingerprint density at radius 2 is 1.34 bits per heavy atom. The molecule has 0 saturated carbocycles. The highest BCUT2D eigenvalue weighted by molar-refractivity contribution is 6.01. The predicted molar refractivity (Wildman–Crippen MR) is 162 cm³/mol. The van der Waals surface area contributed by atoms with Crippen molar-refractivity contribution in [3.8, 4) is 0 Å². The molecule has 2 aromatic heterocycles. The Hall–Kier alpha value is -4.12. The number of fused-ring (bicyclic) bond motifs is 2. The number of carbonyl (C=O) groups is 4. The lowest BCUT2D eigenvalue weighted by atomic mass is 9.94. The number of carbonyl (C=O) groups excluding carboxylic acids is 4. The summed E-state index contributed by atoms with van der Waals surface area (Å²) in [5.41, 5.74) is 4.45. The molecule has 11 nitrogen and oxygen atoms in total. The number of aromatic nitrogens is 4. The molecule has 1 aromatic carbocycles. The summed E-state index contributed by atoms with van der Waals surface area (Å²) in [6, 6.07) is 9.99. The second-order valence-corrected chi connectivity index (χ2v) is 11.5. The van der Waals surface area contributed by atoms with Crippen molar-refractivity contribution < 1.29 is 28.7 Å². The van der Waals surface area contributed by atoms with E-state index in [0.29, 0.717) is 61.8 Å². The molecule has 0 atom stereocenters. The number of nitrogens with zero attached hydrogens (tertiary/aromatic N) is 5. The Balaban J connectivity index is 0.000000175. The van der Waals surface area contributed by atoms with Crippen LogP contribution >= 0.6 is 0 Å². The highest BCUT2D eigenvalue weighted by Gasteiger charge is 2.34. The summed E-state index contributed by atoms with van der Waals surface area (Å²) >= 11 is 0. The van der Waals surface area contributed by atoms with Crippen molar-refractivity contribution >= 4 is 23.5 Å². The molecule has 0 amide bonds. The molecule has 3 aromatic rings. The van der Waals surface area contributed by atoms with E-state index < -0.39 is 11.9 Å². The minimum Gasteiger partial charge on any atom is -0.461 e. The molecule has 3 heterocycles. The fraction of sp³-hybridized carbons (Fsp3) is 0.515. The van der Waals surface area contributed by atoms with E-state index in [-0.39, 0.29) is 17.6 Å². The normalized spacial score (nSPS) is 16.9. The minimum absolute atomic E-state index is 0.0558. The largest absolute Gasteiger partial charge is 0.461 e. The van der Waals surface area contributed by atoms with Crippen molar-refractivity contribution in [2.75, 3.05) is 33.4 Å². The van der Waals surface area contributed by atoms with Gasteiger partial charge in [0.05, 0.1) is 25.8 Å². The van der Waals surface area contributed by atoms with Gasteiger partial charge in [0, 0.05) is 24.0 Å². The molecule has 1 aliphatic heterocycles. The molecule has 1 saturated heterocycles. The van der Waals surface area contributed by atoms with Gasteiger partial charge in [0.25, 0.3) is 0 Å². The summed E-state index contributed by atoms with van der Waals surface area (Å²) in [5.74, 6) is -0.677. The van der Waals surface area contributed by atoms with Crippen molar-refractivity contribution in [2.45, 2.75) is 77.8 Å². The van der Waals surface area contributed by atoms with Crippen molar-refractivity contribution in [3.63, 3.8) is 0 Å². The van der Waals surface area contributed by atoms with Crippen LogP contribution in [0.1, 0.15) is 117 Å². The quantitative estimate of drug-likeness (QED) is 0.360. The third-order valence-electron chi connectivity index (χ3n) is 8.40. The lowest BCUT2D eigenvalue weighted by molar-refractivity contribution is 0.0507. The summed E-state index contributed by atoms with van der Waals surface area (Å²) in [4.78, 5) is 51.2. The first-order chi connectivity index (χ1) is 21.3. The van der Waals surface area contributed by atoms with Gasteiger partial charge in [0.1, 0.15) is 11.4 Å². The van der Waals surface area contributed by atoms with Crippen LogP contribution in [-0.2, 0) is 28.9 Å². The highest BCUT2D eigenvalue weighted by Crippen LogP contribution is 2.31. The summed E-state index contributed by atoms with van der Waals surface area (Å²) in [7, 11) is 2.10. The van der Waals surface area contributed by atoms with Crippen LogP contribution in [-0.4, -0.2) is 81.3 Å². The van der Waals surface area contributed by atoms with E-state index in [1.54, 1.807) is 18.5 Å². The fourth-order valence-corrected chi connectivity index (χ4v) is 6.24. The highest BCUT2D eigenvalue weighted by atomic mass is 16.5. The van der Waals surface area contributed by atoms with E-state index in [2.05, 4.69) is 22.1 Å². The summed E-state index contributed by atoms with van der Waals surface area (Å²) in [5, 5.41) is 8.89. The maximum absolute atomic E-state index is 12.4. The van der Waals surface area contributed by atoms with Crippen LogP contribution in [0.2, 0.25) is 0 Å². The first-order valence-electron chi connectivity index (χ1n) is 15.7. The zero-order valence-corrected chi connectivity index (χ0v) is 25.8. The van der Waals surface area contributed by atoms with Gasteiger partial charge in [-0.25, -0.2) is 9.59 Å². The zero-order chi connectivity index (χ0) is 31.2. The number of piperidine rings is 1. The smallest absolute Gasteiger partial charge is 0.359 e. The topological polar surface area (TPSA) is 126 Å². The van der Waals surface area contributed by atoms with Crippen LogP contribution in [0.5, 0.6) is 0 Å². The van der Waals surface area contributed by atoms with Crippen LogP contribution in [0, 0.1) is 0 Å². The van der Waals surface area contributed by atoms with Gasteiger partial charge < -0.3 is 14.4 Å². The fourth-order valence-electron chi connectivity index (χ4n) is 6.24. The molecule has 0 N–H and O–H groups in total. The van der Waals surface area contributed by atoms with E-state index in [0.717, 1.165) is 61.9 Å². The van der Waals surface area contributed by atoms with Gasteiger partial charge in [-0.15, -0.1) is 0 Å². The Morgan fingerprint density at radius 3 is 1.93 bits per heavy atom. The van der Waals surface area contributed by atoms with Gasteiger partial charge in [0.2, 0.25) is 0 Å². The summed E-state index contributed by atoms with van der Waals surface area (Å²) in [6.07, 6.45) is 5.96. The van der Waals surface area contributed by atoms with Gasteiger partial charge in [0.15, 0.2) is 23.0 Å². The number of rotatable bonds is 7. The molecule has 3 aliphatic rings. The van der Waals surface area contributed by atoms with Crippen molar-refractivity contribution in [1.29, 1.82) is 0 Å². The third kappa shape index (κ3) is 6.67. The maximum Gasteiger partial charge on any atom is 0.359 e. The second kappa shape index (κ2) is 14.1. The lowest BCUT2D eigenvalue weighted by Gasteiger charge is -2.30. The number of ether oxygens (including phenoxy) is 2. The van der Waals surface area contributed by atoms with E-state index in [1.807, 2.05) is 35.0 Å². The number of benzene rings is 1. The molecular weight excluding hydrogens is 562 g/mol. The molecule has 0 spiro atoms. The number of esters is 2. The van der Waals surface area contributed by atoms with Crippen LogP contribution in [0.3, 0.4) is 0 Å². The average Bonchev–Trinajstić information content (AvgIpc) is 3.60. The lowest BCUT2D eigenvalue weighted by Crippen LogP contribution is -2.33. The molecule has 0 unspecified atom stereocenters. The number of hydrogen-bond acceptors (Lipinski definition) is 9. The minimum atomic E-state index is -0.444. The van der Waals surface area contributed by atoms with Crippen LogP contribution in [0.4, 0.5) is 0 Å². The molecule has 2 aliphatic carbocycles. The van der Waals surface area contributed by atoms with Crippen molar-refractivity contribution in [3.05, 3.63) is 69.8 Å². The summed E-state index contributed by atoms with van der Waals surface area (Å²) < 4.78 is 13.7. The third-order valence-corrected chi connectivity index (χ3v) is 8.40. The molecule has 234 valence electrons. The second-order valence-electron chi connectivity index (χ2n) is 11.5. The van der Waals surface area contributed by atoms with E-state index in [4.69, 9.17) is 9.47 Å². The molecule has 11 heteroatoms. The Bertz CT molecular complexity index is 1520. The van der Waals surface area contributed by atoms with Crippen LogP contribution < -0.4 is 0 Å². The molecule has 0 radical (unpaired) electrons. The molecule has 6 rings (SSSR count). The van der Waals surface area contributed by atoms with Crippen LogP contribution in [0.15, 0.2) is 30.3 Å². The van der Waals surface area contributed by atoms with Crippen LogP contribution in [0.25, 0.3) is 0 Å². The SMILES string of the molecule is CCOC(=O)c1nn(C2CCN(C)CC2)c2c1CCCC2=O.CCOC(=O)c1nn(Cc2ccccc2)c2c1CCCC2=O. The maximum atomic E-state index is 12.4. The summed E-state index contributed by atoms with van der Waals surface area (Å²) in [6.45, 7) is 6.62. The average molecular weight is 604 g/mol. The molecular formula is C33H41N5O6. The Kier molecular flexibility index (Phi) is 10.0. The first-order valence-corrected chi connectivity index (χ1v) is 15.7. The van der Waals surface area contributed by atoms with E-state index in [1.165, 1.54) is 0 Å². The Labute approximate surface area is 257 Å². The van der Waals surface area contributed by atoms with E-state index in [9.17, 15) is 19.2 Å². The number of Topliss-reactive ketones (excluding diaryl/α,β-unsaturated/α-hetero) is 2. The Morgan fingerprint density at radius 1 is 0.795 bits per heavy atom. The van der Waals surface area contributed by atoms with Gasteiger partial charge in [-0.2, -0.15) is 10.2 Å². The van der Waals surface area contributed by atoms with Gasteiger partial charge in [-0.3, -0.25) is 19.0 Å². The zero-order valence-electron chi connectivity index (χ0n) is 25.8. The standard InChI is InChI=1S/C17H18N2O3.C16H23N3O3/c1-2-22-17(21)15-13-9-6-10-14(20)16(13)19(18-15)11-12-7-4-3-5-8-12;1-3-22-16(21)14-12-5-4-6-13(20)15(12)19(17-14)11-7-9-18(2)10-8-11/h3-5,7-8H,2,6,9-11H2,1H3;11H,3-10H2,1-2H3. The molecule has 44 heavy (non-hydrogen) atoms. The van der Waals surface area contributed by atoms with Crippen molar-refractivity contribution in [2.24, 2.45) is 0 Å². The number of hydrogen-bond donors (Lipinski definition) is 0. The predicted octanol–water partition coefficient (Wildman–Crippen LogP) is 4.47. The monoisotopic (exact) mass is 603 g/mol. The van der Waals surface area contributed by atoms with Crippen molar-refractivity contribution in [1.82, 2.24) is 24.5 Å².